The number of anilines is 4. The molecule has 2 N–H and O–H groups in total. The van der Waals surface area contributed by atoms with E-state index < -0.39 is 0 Å². The molecule has 1 fully saturated rings. The van der Waals surface area contributed by atoms with Gasteiger partial charge in [-0.15, -0.1) is 0 Å². The number of para-hydroxylation sites is 1. The molecule has 4 aromatic rings. The second kappa shape index (κ2) is 11.3. The number of nitrogens with zero attached hydrogens (tertiary/aromatic N) is 5. The highest BCUT2D eigenvalue weighted by molar-refractivity contribution is 7.80. The van der Waals surface area contributed by atoms with Crippen LogP contribution in [0.5, 0.6) is 0 Å². The molecule has 8 heteroatoms. The highest BCUT2D eigenvalue weighted by Gasteiger charge is 2.24. The number of fused-ring (bicyclic) bond motifs is 1. The van der Waals surface area contributed by atoms with Crippen LogP contribution in [-0.4, -0.2) is 41.3 Å². The van der Waals surface area contributed by atoms with E-state index in [0.29, 0.717) is 11.1 Å². The van der Waals surface area contributed by atoms with E-state index in [-0.39, 0.29) is 6.04 Å². The number of hydrogen-bond donors (Lipinski definition) is 2. The highest BCUT2D eigenvalue weighted by Crippen LogP contribution is 2.30. The van der Waals surface area contributed by atoms with Gasteiger partial charge in [0.2, 0.25) is 5.95 Å². The molecule has 0 unspecified atom stereocenters. The Kier molecular flexibility index (Phi) is 7.27. The van der Waals surface area contributed by atoms with Crippen LogP contribution < -0.4 is 25.3 Å². The van der Waals surface area contributed by atoms with Gasteiger partial charge in [0.25, 0.3) is 0 Å². The van der Waals surface area contributed by atoms with Gasteiger partial charge in [0, 0.05) is 51.0 Å². The van der Waals surface area contributed by atoms with Crippen molar-refractivity contribution in [3.63, 3.8) is 0 Å². The normalized spacial score (nSPS) is 15.6. The first-order chi connectivity index (χ1) is 19.1. The molecule has 2 aliphatic rings. The average molecular weight is 536 g/mol. The van der Waals surface area contributed by atoms with Crippen LogP contribution >= 0.6 is 12.2 Å². The Hall–Kier alpha value is -4.17. The minimum absolute atomic E-state index is 0.0630. The van der Waals surface area contributed by atoms with Gasteiger partial charge >= 0.3 is 0 Å². The minimum atomic E-state index is 0.0630. The van der Waals surface area contributed by atoms with E-state index in [1.807, 2.05) is 18.2 Å². The third kappa shape index (κ3) is 5.81. The third-order valence-electron chi connectivity index (χ3n) is 7.46. The van der Waals surface area contributed by atoms with Crippen LogP contribution in [0.15, 0.2) is 91.0 Å². The van der Waals surface area contributed by atoms with Gasteiger partial charge in [-0.05, 0) is 48.0 Å². The maximum atomic E-state index is 5.68. The van der Waals surface area contributed by atoms with Crippen LogP contribution in [0.2, 0.25) is 0 Å². The number of hydrogen-bond acceptors (Lipinski definition) is 6. The molecule has 1 atom stereocenters. The standard InChI is InChI=1S/C31H33N7S/c1-23(24-10-4-2-5-11-24)32-31(39)35-30-33-28(37-18-16-36(17-19-37)27-14-6-3-7-15-27)20-29(34-30)38-21-25-12-8-9-13-26(25)22-38/h2-15,20,23H,16-19,21-22H2,1H3,(H2,32,33,34,35,39)/t23-/m0/s1. The zero-order valence-electron chi connectivity index (χ0n) is 22.1. The lowest BCUT2D eigenvalue weighted by Crippen LogP contribution is -2.47. The van der Waals surface area contributed by atoms with Crippen molar-refractivity contribution >= 4 is 40.6 Å². The molecule has 6 rings (SSSR count). The fourth-order valence-electron chi connectivity index (χ4n) is 5.29. The molecule has 0 bridgehead atoms. The molecule has 0 saturated carbocycles. The summed E-state index contributed by atoms with van der Waals surface area (Å²) in [4.78, 5) is 16.9. The predicted octanol–water partition coefficient (Wildman–Crippen LogP) is 5.37. The SMILES string of the molecule is C[C@H](NC(=S)Nc1nc(N2CCN(c3ccccc3)CC2)cc(N2Cc3ccccc3C2)n1)c1ccccc1. The summed E-state index contributed by atoms with van der Waals surface area (Å²) in [7, 11) is 0. The van der Waals surface area contributed by atoms with E-state index in [1.54, 1.807) is 0 Å². The monoisotopic (exact) mass is 535 g/mol. The fourth-order valence-corrected chi connectivity index (χ4v) is 5.56. The Morgan fingerprint density at radius 2 is 1.26 bits per heavy atom. The summed E-state index contributed by atoms with van der Waals surface area (Å²) < 4.78 is 0. The Morgan fingerprint density at radius 1 is 0.718 bits per heavy atom. The summed E-state index contributed by atoms with van der Waals surface area (Å²) in [5.41, 5.74) is 5.12. The van der Waals surface area contributed by atoms with Gasteiger partial charge in [-0.3, -0.25) is 0 Å². The van der Waals surface area contributed by atoms with Gasteiger partial charge in [0.05, 0.1) is 6.04 Å². The third-order valence-corrected chi connectivity index (χ3v) is 7.68. The highest BCUT2D eigenvalue weighted by atomic mass is 32.1. The minimum Gasteiger partial charge on any atom is -0.368 e. The zero-order chi connectivity index (χ0) is 26.6. The Labute approximate surface area is 235 Å². The van der Waals surface area contributed by atoms with Gasteiger partial charge in [-0.25, -0.2) is 0 Å². The van der Waals surface area contributed by atoms with E-state index in [2.05, 4.69) is 105 Å². The van der Waals surface area contributed by atoms with E-state index in [4.69, 9.17) is 22.2 Å². The molecule has 0 aliphatic carbocycles. The lowest BCUT2D eigenvalue weighted by molar-refractivity contribution is 0.646. The summed E-state index contributed by atoms with van der Waals surface area (Å²) in [6, 6.07) is 31.7. The molecule has 3 aromatic carbocycles. The van der Waals surface area contributed by atoms with E-state index in [9.17, 15) is 0 Å². The van der Waals surface area contributed by atoms with E-state index in [0.717, 1.165) is 50.9 Å². The molecular formula is C31H33N7S. The van der Waals surface area contributed by atoms with Gasteiger partial charge < -0.3 is 25.3 Å². The maximum absolute atomic E-state index is 5.68. The largest absolute Gasteiger partial charge is 0.368 e. The maximum Gasteiger partial charge on any atom is 0.232 e. The first-order valence-corrected chi connectivity index (χ1v) is 13.9. The van der Waals surface area contributed by atoms with Crippen molar-refractivity contribution < 1.29 is 0 Å². The summed E-state index contributed by atoms with van der Waals surface area (Å²) in [6.07, 6.45) is 0. The van der Waals surface area contributed by atoms with E-state index in [1.165, 1.54) is 22.4 Å². The van der Waals surface area contributed by atoms with Crippen LogP contribution in [0, 0.1) is 0 Å². The molecule has 1 saturated heterocycles. The quantitative estimate of drug-likeness (QED) is 0.320. The smallest absolute Gasteiger partial charge is 0.232 e. The van der Waals surface area contributed by atoms with Crippen molar-refractivity contribution in [2.45, 2.75) is 26.1 Å². The summed E-state index contributed by atoms with van der Waals surface area (Å²) in [5, 5.41) is 7.16. The van der Waals surface area contributed by atoms with E-state index >= 15 is 0 Å². The number of piperazine rings is 1. The van der Waals surface area contributed by atoms with Crippen LogP contribution in [0.1, 0.15) is 29.7 Å². The molecule has 0 amide bonds. The summed E-state index contributed by atoms with van der Waals surface area (Å²) in [5.74, 6) is 2.34. The summed E-state index contributed by atoms with van der Waals surface area (Å²) >= 11 is 5.68. The van der Waals surface area contributed by atoms with Crippen LogP contribution in [0.25, 0.3) is 0 Å². The first-order valence-electron chi connectivity index (χ1n) is 13.5. The molecular weight excluding hydrogens is 502 g/mol. The zero-order valence-corrected chi connectivity index (χ0v) is 22.9. The lowest BCUT2D eigenvalue weighted by Gasteiger charge is -2.37. The molecule has 1 aromatic heterocycles. The van der Waals surface area contributed by atoms with Crippen molar-refractivity contribution in [2.24, 2.45) is 0 Å². The van der Waals surface area contributed by atoms with Crippen molar-refractivity contribution in [1.82, 2.24) is 15.3 Å². The van der Waals surface area contributed by atoms with Gasteiger partial charge in [0.1, 0.15) is 11.6 Å². The van der Waals surface area contributed by atoms with Gasteiger partial charge in [-0.1, -0.05) is 72.8 Å². The van der Waals surface area contributed by atoms with Crippen molar-refractivity contribution in [3.8, 4) is 0 Å². The van der Waals surface area contributed by atoms with Crippen molar-refractivity contribution in [2.75, 3.05) is 46.2 Å². The van der Waals surface area contributed by atoms with Crippen LogP contribution in [-0.2, 0) is 13.1 Å². The van der Waals surface area contributed by atoms with Crippen molar-refractivity contribution in [1.29, 1.82) is 0 Å². The first kappa shape index (κ1) is 25.1. The molecule has 0 radical (unpaired) electrons. The molecule has 198 valence electrons. The molecule has 7 nitrogen and oxygen atoms in total. The van der Waals surface area contributed by atoms with Crippen LogP contribution in [0.4, 0.5) is 23.3 Å². The second-order valence-corrected chi connectivity index (χ2v) is 10.5. The summed E-state index contributed by atoms with van der Waals surface area (Å²) in [6.45, 7) is 7.42. The number of aromatic nitrogens is 2. The number of rotatable bonds is 6. The molecule has 3 heterocycles. The molecule has 0 spiro atoms. The van der Waals surface area contributed by atoms with Gasteiger partial charge in [-0.2, -0.15) is 9.97 Å². The van der Waals surface area contributed by atoms with Crippen molar-refractivity contribution in [3.05, 3.63) is 108 Å². The number of nitrogens with one attached hydrogen (secondary N) is 2. The van der Waals surface area contributed by atoms with Gasteiger partial charge in [0.15, 0.2) is 5.11 Å². The molecule has 2 aliphatic heterocycles. The number of benzene rings is 3. The lowest BCUT2D eigenvalue weighted by atomic mass is 10.1. The average Bonchev–Trinajstić information content (AvgIpc) is 3.43. The Balaban J connectivity index is 1.21. The second-order valence-electron chi connectivity index (χ2n) is 10.1. The van der Waals surface area contributed by atoms with Crippen LogP contribution in [0.3, 0.4) is 0 Å². The Bertz CT molecular complexity index is 1400. The molecule has 39 heavy (non-hydrogen) atoms. The number of thiocarbonyl (C=S) groups is 1. The topological polar surface area (TPSA) is 59.6 Å². The fraction of sp³-hybridized carbons (Fsp3) is 0.258. The Morgan fingerprint density at radius 3 is 1.90 bits per heavy atom. The predicted molar refractivity (Wildman–Crippen MR) is 163 cm³/mol.